The lowest BCUT2D eigenvalue weighted by molar-refractivity contribution is -0.192. The summed E-state index contributed by atoms with van der Waals surface area (Å²) in [6, 6.07) is 16.4. The summed E-state index contributed by atoms with van der Waals surface area (Å²) in [6.45, 7) is 7.24. The molecule has 0 saturated carbocycles. The van der Waals surface area contributed by atoms with Gasteiger partial charge in [0.1, 0.15) is 0 Å². The highest BCUT2D eigenvalue weighted by atomic mass is 35.5. The molecule has 5 rings (SSSR count). The summed E-state index contributed by atoms with van der Waals surface area (Å²) < 4.78 is 12.3. The molecular weight excluding hydrogens is 499 g/mol. The Morgan fingerprint density at radius 3 is 2.36 bits per heavy atom. The number of aromatic nitrogens is 1. The minimum atomic E-state index is -1.23. The van der Waals surface area contributed by atoms with Crippen molar-refractivity contribution in [1.29, 1.82) is 0 Å². The predicted molar refractivity (Wildman–Crippen MR) is 138 cm³/mol. The molecule has 6 nitrogen and oxygen atoms in total. The average Bonchev–Trinajstić information content (AvgIpc) is 3.06. The second kappa shape index (κ2) is 9.12. The molecule has 0 spiro atoms. The Balaban J connectivity index is 1.70. The van der Waals surface area contributed by atoms with E-state index in [1.54, 1.807) is 55.3 Å². The van der Waals surface area contributed by atoms with Gasteiger partial charge in [-0.15, -0.1) is 0 Å². The summed E-state index contributed by atoms with van der Waals surface area (Å²) in [5.74, 6) is -0.210. The third-order valence-corrected chi connectivity index (χ3v) is 7.30. The Bertz CT molecular complexity index is 1280. The summed E-state index contributed by atoms with van der Waals surface area (Å²) in [5.41, 5.74) is 0.772. The number of rotatable bonds is 7. The number of halogens is 2. The zero-order valence-electron chi connectivity index (χ0n) is 20.4. The van der Waals surface area contributed by atoms with Crippen LogP contribution in [-0.2, 0) is 27.3 Å². The summed E-state index contributed by atoms with van der Waals surface area (Å²) in [6.07, 6.45) is 1.56. The fraction of sp³-hybridized carbons (Fsp3) is 0.357. The molecule has 2 aliphatic heterocycles. The Hall–Kier alpha value is -2.48. The molecule has 1 atom stereocenters. The van der Waals surface area contributed by atoms with Crippen LogP contribution in [0.3, 0.4) is 0 Å². The Morgan fingerprint density at radius 2 is 1.78 bits per heavy atom. The number of aliphatic hydroxyl groups is 1. The number of pyridine rings is 1. The summed E-state index contributed by atoms with van der Waals surface area (Å²) in [5, 5.41) is 11.8. The number of fused-ring (bicyclic) bond motifs is 1. The van der Waals surface area contributed by atoms with Gasteiger partial charge >= 0.3 is 0 Å². The van der Waals surface area contributed by atoms with Gasteiger partial charge in [0.2, 0.25) is 0 Å². The monoisotopic (exact) mass is 526 g/mol. The van der Waals surface area contributed by atoms with Crippen molar-refractivity contribution in [3.8, 4) is 0 Å². The molecule has 1 saturated heterocycles. The van der Waals surface area contributed by atoms with Gasteiger partial charge in [-0.25, -0.2) is 0 Å². The number of carbonyl (C=O) groups is 1. The van der Waals surface area contributed by atoms with E-state index in [9.17, 15) is 9.90 Å². The van der Waals surface area contributed by atoms with Gasteiger partial charge in [-0.05, 0) is 49.7 Å². The minimum Gasteiger partial charge on any atom is -0.386 e. The zero-order valence-corrected chi connectivity index (χ0v) is 21.9. The number of benzene rings is 2. The lowest BCUT2D eigenvalue weighted by atomic mass is 9.87. The van der Waals surface area contributed by atoms with E-state index in [1.165, 1.54) is 0 Å². The first-order valence-corrected chi connectivity index (χ1v) is 12.5. The van der Waals surface area contributed by atoms with Gasteiger partial charge in [0.25, 0.3) is 5.91 Å². The first-order chi connectivity index (χ1) is 17.0. The van der Waals surface area contributed by atoms with Crippen LogP contribution in [0, 0.1) is 5.41 Å². The average molecular weight is 527 g/mol. The summed E-state index contributed by atoms with van der Waals surface area (Å²) in [4.78, 5) is 20.2. The van der Waals surface area contributed by atoms with Crippen molar-refractivity contribution >= 4 is 29.1 Å². The lowest BCUT2D eigenvalue weighted by Gasteiger charge is -2.44. The third kappa shape index (κ3) is 4.42. The number of carbonyl (C=O) groups excluding carboxylic acids is 1. The molecule has 0 unspecified atom stereocenters. The minimum absolute atomic E-state index is 0.164. The maximum Gasteiger partial charge on any atom is 0.257 e. The smallest absolute Gasteiger partial charge is 0.257 e. The van der Waals surface area contributed by atoms with Crippen LogP contribution >= 0.6 is 23.2 Å². The highest BCUT2D eigenvalue weighted by Crippen LogP contribution is 2.48. The summed E-state index contributed by atoms with van der Waals surface area (Å²) in [7, 11) is 0. The topological polar surface area (TPSA) is 71.9 Å². The molecule has 2 aromatic carbocycles. The van der Waals surface area contributed by atoms with E-state index in [1.807, 2.05) is 24.3 Å². The van der Waals surface area contributed by atoms with E-state index in [0.29, 0.717) is 52.3 Å². The van der Waals surface area contributed by atoms with Gasteiger partial charge in [0.15, 0.2) is 5.72 Å². The molecule has 36 heavy (non-hydrogen) atoms. The molecule has 0 radical (unpaired) electrons. The van der Waals surface area contributed by atoms with Crippen molar-refractivity contribution in [2.24, 2.45) is 5.41 Å². The Labute approximate surface area is 220 Å². The fourth-order valence-corrected chi connectivity index (χ4v) is 4.95. The standard InChI is InChI=1S/C28H28Cl2N2O4/c1-26(2,34)19-6-11-24-23(12-19)25(33)32(14-22-10-9-21(30)13-31-22)28(24,18-4-7-20(29)8-5-18)36-17-27(3)15-35-16-27/h4-13,34H,14-17H2,1-3H3/t28-/m1/s1. The number of ether oxygens (including phenoxy) is 2. The van der Waals surface area contributed by atoms with Crippen molar-refractivity contribution in [2.45, 2.75) is 38.6 Å². The Kier molecular flexibility index (Phi) is 6.38. The molecule has 188 valence electrons. The van der Waals surface area contributed by atoms with Crippen molar-refractivity contribution in [1.82, 2.24) is 9.88 Å². The van der Waals surface area contributed by atoms with Crippen molar-refractivity contribution in [2.75, 3.05) is 19.8 Å². The molecule has 1 amide bonds. The lowest BCUT2D eigenvalue weighted by Crippen LogP contribution is -2.51. The van der Waals surface area contributed by atoms with E-state index in [2.05, 4.69) is 11.9 Å². The van der Waals surface area contributed by atoms with Crippen molar-refractivity contribution in [3.05, 3.63) is 98.8 Å². The first-order valence-electron chi connectivity index (χ1n) is 11.8. The normalized spacial score (nSPS) is 20.8. The second-order valence-electron chi connectivity index (χ2n) is 10.4. The van der Waals surface area contributed by atoms with E-state index < -0.39 is 11.3 Å². The van der Waals surface area contributed by atoms with Gasteiger partial charge < -0.3 is 14.6 Å². The Morgan fingerprint density at radius 1 is 1.08 bits per heavy atom. The van der Waals surface area contributed by atoms with Crippen LogP contribution in [0.4, 0.5) is 0 Å². The fourth-order valence-electron chi connectivity index (χ4n) is 4.71. The van der Waals surface area contributed by atoms with Gasteiger partial charge in [-0.3, -0.25) is 14.7 Å². The second-order valence-corrected chi connectivity index (χ2v) is 11.3. The molecule has 2 aliphatic rings. The van der Waals surface area contributed by atoms with Crippen LogP contribution in [0.15, 0.2) is 60.8 Å². The van der Waals surface area contributed by atoms with Gasteiger partial charge in [-0.1, -0.05) is 54.4 Å². The quantitative estimate of drug-likeness (QED) is 0.438. The molecule has 1 fully saturated rings. The largest absolute Gasteiger partial charge is 0.386 e. The summed E-state index contributed by atoms with van der Waals surface area (Å²) >= 11 is 12.3. The van der Waals surface area contributed by atoms with Crippen LogP contribution in [-0.4, -0.2) is 40.7 Å². The molecule has 0 bridgehead atoms. The van der Waals surface area contributed by atoms with Crippen LogP contribution < -0.4 is 0 Å². The van der Waals surface area contributed by atoms with E-state index in [0.717, 1.165) is 5.56 Å². The molecule has 8 heteroatoms. The molecule has 1 N–H and O–H groups in total. The first kappa shape index (κ1) is 25.2. The van der Waals surface area contributed by atoms with Crippen LogP contribution in [0.1, 0.15) is 53.5 Å². The van der Waals surface area contributed by atoms with Crippen molar-refractivity contribution < 1.29 is 19.4 Å². The molecule has 3 aromatic rings. The number of hydrogen-bond acceptors (Lipinski definition) is 5. The van der Waals surface area contributed by atoms with Gasteiger partial charge in [0, 0.05) is 33.3 Å². The van der Waals surface area contributed by atoms with Gasteiger partial charge in [0.05, 0.1) is 42.7 Å². The van der Waals surface area contributed by atoms with E-state index in [4.69, 9.17) is 32.7 Å². The SMILES string of the molecule is CC1(CO[C@]2(c3ccc(Cl)cc3)c3ccc(C(C)(C)O)cc3C(=O)N2Cc2ccc(Cl)cn2)COC1. The van der Waals surface area contributed by atoms with Gasteiger partial charge in [-0.2, -0.15) is 0 Å². The maximum absolute atomic E-state index is 14.1. The van der Waals surface area contributed by atoms with E-state index in [-0.39, 0.29) is 17.9 Å². The highest BCUT2D eigenvalue weighted by Gasteiger charge is 2.54. The van der Waals surface area contributed by atoms with Crippen LogP contribution in [0.2, 0.25) is 10.0 Å². The third-order valence-electron chi connectivity index (χ3n) is 6.82. The molecular formula is C28H28Cl2N2O4. The number of hydrogen-bond donors (Lipinski definition) is 1. The number of amides is 1. The maximum atomic E-state index is 14.1. The zero-order chi connectivity index (χ0) is 25.7. The van der Waals surface area contributed by atoms with Crippen LogP contribution in [0.5, 0.6) is 0 Å². The number of nitrogens with zero attached hydrogens (tertiary/aromatic N) is 2. The molecule has 0 aliphatic carbocycles. The highest BCUT2D eigenvalue weighted by molar-refractivity contribution is 6.30. The van der Waals surface area contributed by atoms with E-state index >= 15 is 0 Å². The predicted octanol–water partition coefficient (Wildman–Crippen LogP) is 5.53. The molecule has 1 aromatic heterocycles. The van der Waals surface area contributed by atoms with Crippen molar-refractivity contribution in [3.63, 3.8) is 0 Å². The molecule has 3 heterocycles. The van der Waals surface area contributed by atoms with Crippen LogP contribution in [0.25, 0.3) is 0 Å².